The molecule has 0 fully saturated rings. The summed E-state index contributed by atoms with van der Waals surface area (Å²) in [6.45, 7) is 6.12. The first-order valence-corrected chi connectivity index (χ1v) is 7.94. The molecule has 1 N–H and O–H groups in total. The fourth-order valence-corrected chi connectivity index (χ4v) is 3.03. The van der Waals surface area contributed by atoms with Gasteiger partial charge in [-0.05, 0) is 30.9 Å². The Hall–Kier alpha value is -1.82. The number of para-hydroxylation sites is 1. The summed E-state index contributed by atoms with van der Waals surface area (Å²) in [5.41, 5.74) is 3.53. The SMILES string of the molecule is CCc1cccc(CC)c1-n1c(C)nnc1SCC(=O)O. The van der Waals surface area contributed by atoms with Crippen molar-refractivity contribution in [2.24, 2.45) is 0 Å². The first kappa shape index (κ1) is 15.6. The standard InChI is InChI=1S/C15H19N3O2S/c1-4-11-7-6-8-12(5-2)14(11)18-10(3)16-17-15(18)21-9-13(19)20/h6-8H,4-5,9H2,1-3H3,(H,19,20). The Morgan fingerprint density at radius 3 is 2.38 bits per heavy atom. The second-order valence-corrected chi connectivity index (χ2v) is 5.62. The number of nitrogens with zero attached hydrogens (tertiary/aromatic N) is 3. The van der Waals surface area contributed by atoms with Gasteiger partial charge in [-0.2, -0.15) is 0 Å². The maximum Gasteiger partial charge on any atom is 0.313 e. The van der Waals surface area contributed by atoms with Gasteiger partial charge in [0, 0.05) is 0 Å². The summed E-state index contributed by atoms with van der Waals surface area (Å²) in [4.78, 5) is 10.8. The van der Waals surface area contributed by atoms with Crippen molar-refractivity contribution in [2.75, 3.05) is 5.75 Å². The van der Waals surface area contributed by atoms with Gasteiger partial charge in [0.25, 0.3) is 0 Å². The molecule has 1 aromatic heterocycles. The third-order valence-corrected chi connectivity index (χ3v) is 4.22. The summed E-state index contributed by atoms with van der Waals surface area (Å²) in [5, 5.41) is 17.7. The van der Waals surface area contributed by atoms with Gasteiger partial charge in [-0.15, -0.1) is 10.2 Å². The van der Waals surface area contributed by atoms with Crippen molar-refractivity contribution in [1.82, 2.24) is 14.8 Å². The quantitative estimate of drug-likeness (QED) is 0.831. The fraction of sp³-hybridized carbons (Fsp3) is 0.400. The second-order valence-electron chi connectivity index (χ2n) is 4.68. The van der Waals surface area contributed by atoms with Crippen LogP contribution < -0.4 is 0 Å². The molecule has 1 heterocycles. The molecule has 5 nitrogen and oxygen atoms in total. The van der Waals surface area contributed by atoms with Gasteiger partial charge in [0.2, 0.25) is 0 Å². The Morgan fingerprint density at radius 2 is 1.86 bits per heavy atom. The van der Waals surface area contributed by atoms with Gasteiger partial charge >= 0.3 is 5.97 Å². The Morgan fingerprint density at radius 1 is 1.24 bits per heavy atom. The van der Waals surface area contributed by atoms with Crippen molar-refractivity contribution < 1.29 is 9.90 Å². The molecule has 2 rings (SSSR count). The van der Waals surface area contributed by atoms with Crippen molar-refractivity contribution in [3.8, 4) is 5.69 Å². The Bertz CT molecular complexity index is 630. The molecule has 0 radical (unpaired) electrons. The van der Waals surface area contributed by atoms with E-state index in [2.05, 4.69) is 42.2 Å². The topological polar surface area (TPSA) is 68.0 Å². The number of aryl methyl sites for hydroxylation is 3. The normalized spacial score (nSPS) is 10.8. The molecule has 0 spiro atoms. The maximum absolute atomic E-state index is 10.8. The summed E-state index contributed by atoms with van der Waals surface area (Å²) in [6, 6.07) is 6.25. The monoisotopic (exact) mass is 305 g/mol. The van der Waals surface area contributed by atoms with Crippen LogP contribution in [-0.2, 0) is 17.6 Å². The number of thioether (sulfide) groups is 1. The molecule has 0 aliphatic heterocycles. The first-order chi connectivity index (χ1) is 10.1. The minimum absolute atomic E-state index is 0.0200. The van der Waals surface area contributed by atoms with E-state index in [4.69, 9.17) is 5.11 Å². The first-order valence-electron chi connectivity index (χ1n) is 6.96. The third-order valence-electron chi connectivity index (χ3n) is 3.31. The highest BCUT2D eigenvalue weighted by Crippen LogP contribution is 2.27. The van der Waals surface area contributed by atoms with Gasteiger partial charge in [0.05, 0.1) is 11.4 Å². The van der Waals surface area contributed by atoms with Crippen molar-refractivity contribution in [3.05, 3.63) is 35.2 Å². The minimum Gasteiger partial charge on any atom is -0.481 e. The van der Waals surface area contributed by atoms with E-state index in [0.29, 0.717) is 5.16 Å². The molecule has 0 bridgehead atoms. The lowest BCUT2D eigenvalue weighted by atomic mass is 10.0. The number of hydrogen-bond acceptors (Lipinski definition) is 4. The van der Waals surface area contributed by atoms with Gasteiger partial charge in [0.1, 0.15) is 5.82 Å². The molecular formula is C15H19N3O2S. The Balaban J connectivity index is 2.56. The maximum atomic E-state index is 10.8. The molecule has 6 heteroatoms. The Labute approximate surface area is 128 Å². The van der Waals surface area contributed by atoms with E-state index in [0.717, 1.165) is 24.4 Å². The summed E-state index contributed by atoms with van der Waals surface area (Å²) in [7, 11) is 0. The molecule has 0 aliphatic rings. The summed E-state index contributed by atoms with van der Waals surface area (Å²) in [6.07, 6.45) is 1.81. The number of carboxylic acid groups (broad SMARTS) is 1. The number of aromatic nitrogens is 3. The third kappa shape index (κ3) is 3.26. The van der Waals surface area contributed by atoms with Gasteiger partial charge in [0.15, 0.2) is 5.16 Å². The van der Waals surface area contributed by atoms with Crippen LogP contribution in [0, 0.1) is 6.92 Å². The van der Waals surface area contributed by atoms with E-state index >= 15 is 0 Å². The molecule has 2 aromatic rings. The zero-order valence-corrected chi connectivity index (χ0v) is 13.3. The molecule has 1 aromatic carbocycles. The number of carboxylic acids is 1. The predicted octanol–water partition coefficient (Wildman–Crippen LogP) is 2.88. The lowest BCUT2D eigenvalue weighted by Crippen LogP contribution is -2.08. The van der Waals surface area contributed by atoms with Crippen LogP contribution in [0.2, 0.25) is 0 Å². The van der Waals surface area contributed by atoms with Crippen LogP contribution in [0.4, 0.5) is 0 Å². The molecule has 0 aliphatic carbocycles. The number of benzene rings is 1. The largest absolute Gasteiger partial charge is 0.481 e. The van der Waals surface area contributed by atoms with Crippen molar-refractivity contribution in [2.45, 2.75) is 38.8 Å². The number of carbonyl (C=O) groups is 1. The minimum atomic E-state index is -0.855. The van der Waals surface area contributed by atoms with Crippen LogP contribution in [0.3, 0.4) is 0 Å². The highest BCUT2D eigenvalue weighted by Gasteiger charge is 2.17. The molecule has 0 amide bonds. The zero-order chi connectivity index (χ0) is 15.4. The second kappa shape index (κ2) is 6.76. The zero-order valence-electron chi connectivity index (χ0n) is 12.5. The van der Waals surface area contributed by atoms with E-state index in [1.807, 2.05) is 11.5 Å². The van der Waals surface area contributed by atoms with Gasteiger partial charge in [-0.25, -0.2) is 0 Å². The molecule has 21 heavy (non-hydrogen) atoms. The number of aliphatic carboxylic acids is 1. The molecule has 0 atom stereocenters. The number of hydrogen-bond donors (Lipinski definition) is 1. The lowest BCUT2D eigenvalue weighted by Gasteiger charge is -2.16. The average molecular weight is 305 g/mol. The van der Waals surface area contributed by atoms with Crippen molar-refractivity contribution in [1.29, 1.82) is 0 Å². The molecule has 0 saturated carbocycles. The number of rotatable bonds is 6. The average Bonchev–Trinajstić information content (AvgIpc) is 2.84. The highest BCUT2D eigenvalue weighted by atomic mass is 32.2. The predicted molar refractivity (Wildman–Crippen MR) is 83.2 cm³/mol. The van der Waals surface area contributed by atoms with Crippen LogP contribution >= 0.6 is 11.8 Å². The molecule has 0 saturated heterocycles. The summed E-state index contributed by atoms with van der Waals surface area (Å²) < 4.78 is 1.98. The Kier molecular flexibility index (Phi) is 5.01. The fourth-order valence-electron chi connectivity index (χ4n) is 2.32. The summed E-state index contributed by atoms with van der Waals surface area (Å²) >= 11 is 1.20. The lowest BCUT2D eigenvalue weighted by molar-refractivity contribution is -0.133. The molecule has 112 valence electrons. The van der Waals surface area contributed by atoms with E-state index in [1.165, 1.54) is 22.9 Å². The van der Waals surface area contributed by atoms with E-state index in [-0.39, 0.29) is 5.75 Å². The van der Waals surface area contributed by atoms with Gasteiger partial charge in [-0.1, -0.05) is 43.8 Å². The van der Waals surface area contributed by atoms with Crippen LogP contribution in [0.15, 0.2) is 23.4 Å². The van der Waals surface area contributed by atoms with Crippen LogP contribution in [0.1, 0.15) is 30.8 Å². The van der Waals surface area contributed by atoms with E-state index in [1.54, 1.807) is 0 Å². The molecule has 0 unspecified atom stereocenters. The van der Waals surface area contributed by atoms with Crippen molar-refractivity contribution in [3.63, 3.8) is 0 Å². The van der Waals surface area contributed by atoms with E-state index in [9.17, 15) is 4.79 Å². The van der Waals surface area contributed by atoms with Crippen LogP contribution in [0.5, 0.6) is 0 Å². The van der Waals surface area contributed by atoms with Crippen LogP contribution in [0.25, 0.3) is 5.69 Å². The highest BCUT2D eigenvalue weighted by molar-refractivity contribution is 7.99. The van der Waals surface area contributed by atoms with E-state index < -0.39 is 5.97 Å². The smallest absolute Gasteiger partial charge is 0.313 e. The van der Waals surface area contributed by atoms with Crippen molar-refractivity contribution >= 4 is 17.7 Å². The van der Waals surface area contributed by atoms with Crippen LogP contribution in [-0.4, -0.2) is 31.6 Å². The van der Waals surface area contributed by atoms with Gasteiger partial charge in [-0.3, -0.25) is 9.36 Å². The van der Waals surface area contributed by atoms with Gasteiger partial charge < -0.3 is 5.11 Å². The summed E-state index contributed by atoms with van der Waals surface area (Å²) in [5.74, 6) is -0.0985. The molecular weight excluding hydrogens is 286 g/mol.